The molecule has 1 saturated heterocycles. The third kappa shape index (κ3) is 1.79. The fourth-order valence-electron chi connectivity index (χ4n) is 1.69. The Bertz CT molecular complexity index is 321. The number of piperazine rings is 1. The number of hydrogen-bond acceptors (Lipinski definition) is 3. The zero-order valence-electron chi connectivity index (χ0n) is 7.96. The molecule has 0 saturated carbocycles. The number of halogens is 1. The predicted octanol–water partition coefficient (Wildman–Crippen LogP) is 1.33. The number of nitrogens with one attached hydrogen (secondary N) is 1. The van der Waals surface area contributed by atoms with E-state index in [9.17, 15) is 0 Å². The van der Waals surface area contributed by atoms with E-state index in [0.717, 1.165) is 31.9 Å². The molecule has 0 bridgehead atoms. The molecule has 3 N–H and O–H groups in total. The monoisotopic (exact) mass is 211 g/mol. The van der Waals surface area contributed by atoms with Gasteiger partial charge in [-0.25, -0.2) is 0 Å². The Labute approximate surface area is 88.8 Å². The number of nitrogens with two attached hydrogens (primary N) is 1. The number of benzene rings is 1. The van der Waals surface area contributed by atoms with E-state index in [4.69, 9.17) is 17.3 Å². The van der Waals surface area contributed by atoms with Crippen LogP contribution >= 0.6 is 11.6 Å². The predicted molar refractivity (Wildman–Crippen MR) is 60.9 cm³/mol. The summed E-state index contributed by atoms with van der Waals surface area (Å²) in [5.41, 5.74) is 7.46. The third-order valence-electron chi connectivity index (χ3n) is 2.47. The molecule has 0 aromatic heterocycles. The van der Waals surface area contributed by atoms with Crippen LogP contribution in [0.15, 0.2) is 18.2 Å². The van der Waals surface area contributed by atoms with Crippen LogP contribution in [0.3, 0.4) is 0 Å². The van der Waals surface area contributed by atoms with E-state index in [0.29, 0.717) is 10.7 Å². The van der Waals surface area contributed by atoms with E-state index in [2.05, 4.69) is 10.2 Å². The molecule has 1 aromatic rings. The summed E-state index contributed by atoms with van der Waals surface area (Å²) in [6, 6.07) is 5.79. The molecule has 0 radical (unpaired) electrons. The minimum atomic E-state index is 0.655. The topological polar surface area (TPSA) is 41.3 Å². The first kappa shape index (κ1) is 9.62. The second-order valence-corrected chi connectivity index (χ2v) is 3.80. The highest BCUT2D eigenvalue weighted by atomic mass is 35.5. The van der Waals surface area contributed by atoms with Crippen LogP contribution in [0.5, 0.6) is 0 Å². The van der Waals surface area contributed by atoms with Crippen LogP contribution < -0.4 is 16.0 Å². The Morgan fingerprint density at radius 3 is 2.71 bits per heavy atom. The van der Waals surface area contributed by atoms with Gasteiger partial charge in [-0.15, -0.1) is 0 Å². The van der Waals surface area contributed by atoms with Crippen molar-refractivity contribution >= 4 is 23.0 Å². The molecular weight excluding hydrogens is 198 g/mol. The third-order valence-corrected chi connectivity index (χ3v) is 2.88. The lowest BCUT2D eigenvalue weighted by Crippen LogP contribution is -2.43. The molecule has 4 heteroatoms. The molecular formula is C10H14ClN3. The fourth-order valence-corrected chi connectivity index (χ4v) is 1.93. The highest BCUT2D eigenvalue weighted by Crippen LogP contribution is 2.30. The van der Waals surface area contributed by atoms with E-state index in [1.807, 2.05) is 18.2 Å². The molecule has 14 heavy (non-hydrogen) atoms. The van der Waals surface area contributed by atoms with Crippen molar-refractivity contribution in [3.63, 3.8) is 0 Å². The van der Waals surface area contributed by atoms with E-state index in [1.165, 1.54) is 0 Å². The first-order valence-electron chi connectivity index (χ1n) is 4.78. The maximum Gasteiger partial charge on any atom is 0.0868 e. The van der Waals surface area contributed by atoms with Crippen molar-refractivity contribution in [2.45, 2.75) is 0 Å². The van der Waals surface area contributed by atoms with Gasteiger partial charge in [0, 0.05) is 26.2 Å². The Kier molecular flexibility index (Phi) is 2.79. The highest BCUT2D eigenvalue weighted by molar-refractivity contribution is 6.35. The van der Waals surface area contributed by atoms with Gasteiger partial charge in [-0.2, -0.15) is 0 Å². The molecule has 0 amide bonds. The van der Waals surface area contributed by atoms with Crippen LogP contribution in [0.2, 0.25) is 5.02 Å². The van der Waals surface area contributed by atoms with Crippen LogP contribution in [-0.4, -0.2) is 26.2 Å². The van der Waals surface area contributed by atoms with Crippen molar-refractivity contribution in [2.75, 3.05) is 36.8 Å². The maximum atomic E-state index is 6.14. The molecule has 0 spiro atoms. The first-order valence-corrected chi connectivity index (χ1v) is 5.16. The summed E-state index contributed by atoms with van der Waals surface area (Å²) in [5.74, 6) is 0. The van der Waals surface area contributed by atoms with Crippen molar-refractivity contribution in [1.29, 1.82) is 0 Å². The van der Waals surface area contributed by atoms with Gasteiger partial charge in [-0.1, -0.05) is 17.7 Å². The Balaban J connectivity index is 2.26. The van der Waals surface area contributed by atoms with E-state index >= 15 is 0 Å². The summed E-state index contributed by atoms with van der Waals surface area (Å²) in [7, 11) is 0. The lowest BCUT2D eigenvalue weighted by molar-refractivity contribution is 0.589. The smallest absolute Gasteiger partial charge is 0.0868 e. The van der Waals surface area contributed by atoms with Crippen molar-refractivity contribution in [1.82, 2.24) is 5.32 Å². The van der Waals surface area contributed by atoms with Gasteiger partial charge in [0.05, 0.1) is 16.4 Å². The first-order chi connectivity index (χ1) is 6.79. The van der Waals surface area contributed by atoms with Gasteiger partial charge in [0.2, 0.25) is 0 Å². The minimum Gasteiger partial charge on any atom is -0.397 e. The van der Waals surface area contributed by atoms with Crippen LogP contribution in [0.4, 0.5) is 11.4 Å². The lowest BCUT2D eigenvalue weighted by Gasteiger charge is -2.30. The second-order valence-electron chi connectivity index (χ2n) is 3.42. The molecule has 3 nitrogen and oxygen atoms in total. The van der Waals surface area contributed by atoms with Crippen molar-refractivity contribution in [3.8, 4) is 0 Å². The van der Waals surface area contributed by atoms with Gasteiger partial charge in [-0.3, -0.25) is 0 Å². The van der Waals surface area contributed by atoms with Crippen LogP contribution in [0.25, 0.3) is 0 Å². The Hall–Kier alpha value is -0.930. The van der Waals surface area contributed by atoms with Crippen LogP contribution in [0, 0.1) is 0 Å². The SMILES string of the molecule is Nc1cccc(N2CCNCC2)c1Cl. The molecule has 76 valence electrons. The van der Waals surface area contributed by atoms with Gasteiger partial charge in [0.25, 0.3) is 0 Å². The molecule has 0 atom stereocenters. The Morgan fingerprint density at radius 2 is 2.00 bits per heavy atom. The zero-order valence-corrected chi connectivity index (χ0v) is 8.72. The summed E-state index contributed by atoms with van der Waals surface area (Å²) in [5, 5.41) is 3.98. The standard InChI is InChI=1S/C10H14ClN3/c11-10-8(12)2-1-3-9(10)14-6-4-13-5-7-14/h1-3,13H,4-7,12H2. The molecule has 1 aromatic carbocycles. The van der Waals surface area contributed by atoms with Crippen molar-refractivity contribution in [3.05, 3.63) is 23.2 Å². The van der Waals surface area contributed by atoms with E-state index < -0.39 is 0 Å². The van der Waals surface area contributed by atoms with Gasteiger partial charge in [0.1, 0.15) is 0 Å². The van der Waals surface area contributed by atoms with Crippen LogP contribution in [0.1, 0.15) is 0 Å². The molecule has 2 rings (SSSR count). The van der Waals surface area contributed by atoms with E-state index in [1.54, 1.807) is 0 Å². The largest absolute Gasteiger partial charge is 0.397 e. The second kappa shape index (κ2) is 4.07. The highest BCUT2D eigenvalue weighted by Gasteiger charge is 2.13. The molecule has 0 unspecified atom stereocenters. The van der Waals surface area contributed by atoms with Gasteiger partial charge in [0.15, 0.2) is 0 Å². The van der Waals surface area contributed by atoms with E-state index in [-0.39, 0.29) is 0 Å². The average Bonchev–Trinajstić information content (AvgIpc) is 2.23. The summed E-state index contributed by atoms with van der Waals surface area (Å²) < 4.78 is 0. The Morgan fingerprint density at radius 1 is 1.29 bits per heavy atom. The number of rotatable bonds is 1. The summed E-state index contributed by atoms with van der Waals surface area (Å²) in [6.07, 6.45) is 0. The van der Waals surface area contributed by atoms with Gasteiger partial charge in [-0.05, 0) is 12.1 Å². The van der Waals surface area contributed by atoms with Gasteiger partial charge < -0.3 is 16.0 Å². The van der Waals surface area contributed by atoms with Crippen molar-refractivity contribution in [2.24, 2.45) is 0 Å². The molecule has 1 aliphatic heterocycles. The number of nitrogens with zero attached hydrogens (tertiary/aromatic N) is 1. The number of nitrogen functional groups attached to an aromatic ring is 1. The minimum absolute atomic E-state index is 0.655. The fraction of sp³-hybridized carbons (Fsp3) is 0.400. The van der Waals surface area contributed by atoms with Crippen molar-refractivity contribution < 1.29 is 0 Å². The summed E-state index contributed by atoms with van der Waals surface area (Å²) in [4.78, 5) is 2.26. The summed E-state index contributed by atoms with van der Waals surface area (Å²) >= 11 is 6.14. The lowest BCUT2D eigenvalue weighted by atomic mass is 10.2. The maximum absolute atomic E-state index is 6.14. The summed E-state index contributed by atoms with van der Waals surface area (Å²) in [6.45, 7) is 3.99. The average molecular weight is 212 g/mol. The zero-order chi connectivity index (χ0) is 9.97. The van der Waals surface area contributed by atoms with Crippen LogP contribution in [-0.2, 0) is 0 Å². The molecule has 1 aliphatic rings. The quantitative estimate of drug-likeness (QED) is 0.689. The van der Waals surface area contributed by atoms with Gasteiger partial charge >= 0.3 is 0 Å². The molecule has 1 fully saturated rings. The number of hydrogen-bond donors (Lipinski definition) is 2. The number of anilines is 2. The molecule has 0 aliphatic carbocycles. The molecule has 1 heterocycles. The normalized spacial score (nSPS) is 17.1.